The third-order valence-electron chi connectivity index (χ3n) is 5.81. The molecule has 1 saturated heterocycles. The minimum Gasteiger partial charge on any atom is -0.444 e. The lowest BCUT2D eigenvalue weighted by Crippen LogP contribution is -2.54. The van der Waals surface area contributed by atoms with E-state index in [1.807, 2.05) is 20.8 Å². The number of benzene rings is 1. The predicted molar refractivity (Wildman–Crippen MR) is 106 cm³/mol. The Labute approximate surface area is 170 Å². The van der Waals surface area contributed by atoms with Crippen molar-refractivity contribution in [2.24, 2.45) is 0 Å². The summed E-state index contributed by atoms with van der Waals surface area (Å²) in [4.78, 5) is 14.7. The summed E-state index contributed by atoms with van der Waals surface area (Å²) in [5, 5.41) is 3.03. The quantitative estimate of drug-likeness (QED) is 0.730. The van der Waals surface area contributed by atoms with Crippen molar-refractivity contribution in [3.05, 3.63) is 35.4 Å². The molecule has 4 nitrogen and oxygen atoms in total. The van der Waals surface area contributed by atoms with Gasteiger partial charge in [-0.3, -0.25) is 4.90 Å². The first-order valence-corrected chi connectivity index (χ1v) is 10.4. The van der Waals surface area contributed by atoms with Crippen LogP contribution in [0.3, 0.4) is 0 Å². The van der Waals surface area contributed by atoms with Gasteiger partial charge in [0.25, 0.3) is 0 Å². The molecular formula is C22H31F3N2O2. The lowest BCUT2D eigenvalue weighted by molar-refractivity contribution is -0.137. The number of hydrogen-bond donors (Lipinski definition) is 1. The molecule has 7 heteroatoms. The number of carbonyl (C=O) groups excluding carboxylic acids is 1. The first-order chi connectivity index (χ1) is 13.5. The normalized spacial score (nSPS) is 26.3. The number of hydrogen-bond acceptors (Lipinski definition) is 3. The van der Waals surface area contributed by atoms with E-state index >= 15 is 0 Å². The van der Waals surface area contributed by atoms with E-state index in [9.17, 15) is 18.0 Å². The number of amides is 1. The Bertz CT molecular complexity index is 709. The van der Waals surface area contributed by atoms with E-state index in [4.69, 9.17) is 4.74 Å². The fourth-order valence-corrected chi connectivity index (χ4v) is 4.52. The predicted octanol–water partition coefficient (Wildman–Crippen LogP) is 5.33. The molecule has 1 aromatic rings. The van der Waals surface area contributed by atoms with Crippen LogP contribution in [0, 0.1) is 0 Å². The molecule has 1 aromatic carbocycles. The average molecular weight is 412 g/mol. The number of likely N-dealkylation sites (tertiary alicyclic amines) is 1. The Morgan fingerprint density at radius 1 is 1.14 bits per heavy atom. The number of alkyl carbamates (subject to hydrolysis) is 1. The van der Waals surface area contributed by atoms with Gasteiger partial charge in [0.05, 0.1) is 5.56 Å². The second-order valence-corrected chi connectivity index (χ2v) is 9.20. The molecule has 1 aliphatic heterocycles. The number of ether oxygens (including phenoxy) is 1. The molecule has 2 aliphatic rings. The highest BCUT2D eigenvalue weighted by Gasteiger charge is 2.38. The van der Waals surface area contributed by atoms with E-state index in [0.29, 0.717) is 0 Å². The van der Waals surface area contributed by atoms with Crippen molar-refractivity contribution in [2.45, 2.75) is 82.7 Å². The summed E-state index contributed by atoms with van der Waals surface area (Å²) < 4.78 is 44.8. The molecule has 0 radical (unpaired) electrons. The molecule has 3 rings (SSSR count). The lowest BCUT2D eigenvalue weighted by Gasteiger charge is -2.41. The molecule has 1 amide bonds. The van der Waals surface area contributed by atoms with Crippen molar-refractivity contribution >= 4 is 6.09 Å². The Hall–Kier alpha value is -1.76. The van der Waals surface area contributed by atoms with Gasteiger partial charge in [0.15, 0.2) is 0 Å². The summed E-state index contributed by atoms with van der Waals surface area (Å²) in [6.07, 6.45) is -0.327. The molecule has 2 fully saturated rings. The van der Waals surface area contributed by atoms with Crippen LogP contribution in [-0.2, 0) is 10.9 Å². The van der Waals surface area contributed by atoms with E-state index in [1.54, 1.807) is 6.07 Å². The van der Waals surface area contributed by atoms with Crippen LogP contribution < -0.4 is 5.32 Å². The summed E-state index contributed by atoms with van der Waals surface area (Å²) in [5.41, 5.74) is -0.427. The van der Waals surface area contributed by atoms with Crippen molar-refractivity contribution < 1.29 is 22.7 Å². The monoisotopic (exact) mass is 412 g/mol. The van der Waals surface area contributed by atoms with E-state index < -0.39 is 23.4 Å². The number of carbonyl (C=O) groups is 1. The zero-order valence-electron chi connectivity index (χ0n) is 17.4. The third kappa shape index (κ3) is 5.87. The molecule has 1 saturated carbocycles. The molecule has 162 valence electrons. The van der Waals surface area contributed by atoms with Gasteiger partial charge in [0.1, 0.15) is 5.60 Å². The van der Waals surface area contributed by atoms with Gasteiger partial charge in [-0.25, -0.2) is 4.79 Å². The summed E-state index contributed by atoms with van der Waals surface area (Å²) >= 11 is 0. The molecular weight excluding hydrogens is 381 g/mol. The SMILES string of the molecule is CC(C)(C)OC(=O)N[C@H]1CC[C@H](c2cccc(C(F)(F)F)c2)C[C@@H]1N1CCCC1. The zero-order chi connectivity index (χ0) is 21.2. The van der Waals surface area contributed by atoms with Gasteiger partial charge in [-0.1, -0.05) is 18.2 Å². The van der Waals surface area contributed by atoms with Crippen LogP contribution in [-0.4, -0.2) is 41.8 Å². The van der Waals surface area contributed by atoms with Crippen LogP contribution in [0.15, 0.2) is 24.3 Å². The fraction of sp³-hybridized carbons (Fsp3) is 0.682. The average Bonchev–Trinajstić information content (AvgIpc) is 3.14. The topological polar surface area (TPSA) is 41.6 Å². The molecule has 0 aromatic heterocycles. The van der Waals surface area contributed by atoms with Crippen LogP contribution in [0.2, 0.25) is 0 Å². The van der Waals surface area contributed by atoms with Crippen molar-refractivity contribution in [1.29, 1.82) is 0 Å². The van der Waals surface area contributed by atoms with Crippen molar-refractivity contribution in [1.82, 2.24) is 10.2 Å². The zero-order valence-corrected chi connectivity index (χ0v) is 17.4. The van der Waals surface area contributed by atoms with Gasteiger partial charge >= 0.3 is 12.3 Å². The molecule has 0 bridgehead atoms. The Morgan fingerprint density at radius 3 is 2.45 bits per heavy atom. The Balaban J connectivity index is 1.74. The van der Waals surface area contributed by atoms with Crippen molar-refractivity contribution in [2.75, 3.05) is 13.1 Å². The molecule has 0 spiro atoms. The van der Waals surface area contributed by atoms with Crippen LogP contribution in [0.5, 0.6) is 0 Å². The first-order valence-electron chi connectivity index (χ1n) is 10.4. The summed E-state index contributed by atoms with van der Waals surface area (Å²) in [5.74, 6) is 0.0552. The number of nitrogens with one attached hydrogen (secondary N) is 1. The minimum atomic E-state index is -4.33. The van der Waals surface area contributed by atoms with E-state index in [2.05, 4.69) is 10.2 Å². The molecule has 1 N–H and O–H groups in total. The number of alkyl halides is 3. The van der Waals surface area contributed by atoms with Crippen molar-refractivity contribution in [3.63, 3.8) is 0 Å². The van der Waals surface area contributed by atoms with Crippen LogP contribution in [0.4, 0.5) is 18.0 Å². The molecule has 1 aliphatic carbocycles. The van der Waals surface area contributed by atoms with Gasteiger partial charge in [-0.05, 0) is 83.5 Å². The highest BCUT2D eigenvalue weighted by atomic mass is 19.4. The van der Waals surface area contributed by atoms with Crippen LogP contribution in [0.1, 0.15) is 69.9 Å². The Kier molecular flexibility index (Phi) is 6.46. The second kappa shape index (κ2) is 8.54. The van der Waals surface area contributed by atoms with E-state index in [-0.39, 0.29) is 18.0 Å². The molecule has 29 heavy (non-hydrogen) atoms. The van der Waals surface area contributed by atoms with Gasteiger partial charge in [0.2, 0.25) is 0 Å². The number of halogens is 3. The van der Waals surface area contributed by atoms with Gasteiger partial charge in [-0.2, -0.15) is 13.2 Å². The highest BCUT2D eigenvalue weighted by molar-refractivity contribution is 5.68. The molecule has 0 unspecified atom stereocenters. The highest BCUT2D eigenvalue weighted by Crippen LogP contribution is 2.38. The maximum Gasteiger partial charge on any atom is 0.416 e. The summed E-state index contributed by atoms with van der Waals surface area (Å²) in [6, 6.07) is 5.75. The maximum atomic E-state index is 13.1. The maximum absolute atomic E-state index is 13.1. The molecule has 3 atom stereocenters. The number of nitrogens with zero attached hydrogens (tertiary/aromatic N) is 1. The fourth-order valence-electron chi connectivity index (χ4n) is 4.52. The van der Waals surface area contributed by atoms with Gasteiger partial charge < -0.3 is 10.1 Å². The lowest BCUT2D eigenvalue weighted by atomic mass is 9.78. The van der Waals surface area contributed by atoms with Gasteiger partial charge in [0, 0.05) is 12.1 Å². The largest absolute Gasteiger partial charge is 0.444 e. The van der Waals surface area contributed by atoms with E-state index in [0.717, 1.165) is 56.8 Å². The third-order valence-corrected chi connectivity index (χ3v) is 5.81. The first kappa shape index (κ1) is 21.9. The van der Waals surface area contributed by atoms with Gasteiger partial charge in [-0.15, -0.1) is 0 Å². The molecule has 1 heterocycles. The minimum absolute atomic E-state index is 0.0509. The van der Waals surface area contributed by atoms with Crippen molar-refractivity contribution in [3.8, 4) is 0 Å². The summed E-state index contributed by atoms with van der Waals surface area (Å²) in [7, 11) is 0. The Morgan fingerprint density at radius 2 is 1.83 bits per heavy atom. The smallest absolute Gasteiger partial charge is 0.416 e. The second-order valence-electron chi connectivity index (χ2n) is 9.20. The van der Waals surface area contributed by atoms with Crippen LogP contribution in [0.25, 0.3) is 0 Å². The standard InChI is InChI=1S/C22H31F3N2O2/c1-21(2,3)29-20(28)26-18-10-9-16(14-19(18)27-11-4-5-12-27)15-7-6-8-17(13-15)22(23,24)25/h6-8,13,16,18-19H,4-5,9-12,14H2,1-3H3,(H,26,28)/t16-,18-,19-/m0/s1. The summed E-state index contributed by atoms with van der Waals surface area (Å²) in [6.45, 7) is 7.41. The van der Waals surface area contributed by atoms with E-state index in [1.165, 1.54) is 12.1 Å². The van der Waals surface area contributed by atoms with Crippen LogP contribution >= 0.6 is 0 Å². The number of rotatable bonds is 3.